The third-order valence-corrected chi connectivity index (χ3v) is 2.78. The van der Waals surface area contributed by atoms with Crippen molar-refractivity contribution >= 4 is 6.03 Å². The highest BCUT2D eigenvalue weighted by atomic mass is 19.3. The Morgan fingerprint density at radius 1 is 1.32 bits per heavy atom. The average Bonchev–Trinajstić information content (AvgIpc) is 2.49. The van der Waals surface area contributed by atoms with Crippen LogP contribution < -0.4 is 15.4 Å². The lowest BCUT2D eigenvalue weighted by Crippen LogP contribution is -2.38. The number of carbonyl (C=O) groups is 1. The lowest BCUT2D eigenvalue weighted by Gasteiger charge is -2.13. The SMILES string of the molecule is CC=CCCNC(=O)NCC(O)c1ccc(OC(F)F)cc1. The fourth-order valence-electron chi connectivity index (χ4n) is 1.68. The molecule has 1 unspecified atom stereocenters. The van der Waals surface area contributed by atoms with E-state index in [0.717, 1.165) is 6.42 Å². The van der Waals surface area contributed by atoms with Crippen LogP contribution in [0.1, 0.15) is 25.0 Å². The van der Waals surface area contributed by atoms with Gasteiger partial charge in [-0.1, -0.05) is 24.3 Å². The molecule has 0 radical (unpaired) electrons. The normalized spacial score (nSPS) is 12.4. The van der Waals surface area contributed by atoms with E-state index in [1.807, 2.05) is 19.1 Å². The van der Waals surface area contributed by atoms with Crippen molar-refractivity contribution in [3.05, 3.63) is 42.0 Å². The summed E-state index contributed by atoms with van der Waals surface area (Å²) in [7, 11) is 0. The summed E-state index contributed by atoms with van der Waals surface area (Å²) in [6.45, 7) is -0.464. The lowest BCUT2D eigenvalue weighted by molar-refractivity contribution is -0.0498. The van der Waals surface area contributed by atoms with Crippen LogP contribution in [-0.4, -0.2) is 30.8 Å². The number of hydrogen-bond donors (Lipinski definition) is 3. The molecule has 0 aromatic heterocycles. The maximum absolute atomic E-state index is 12.0. The van der Waals surface area contributed by atoms with Crippen molar-refractivity contribution in [1.29, 1.82) is 0 Å². The van der Waals surface area contributed by atoms with Gasteiger partial charge in [-0.15, -0.1) is 0 Å². The molecule has 5 nitrogen and oxygen atoms in total. The number of ether oxygens (including phenoxy) is 1. The molecule has 0 aliphatic rings. The molecule has 1 aromatic rings. The summed E-state index contributed by atoms with van der Waals surface area (Å²) in [4.78, 5) is 11.5. The van der Waals surface area contributed by atoms with Crippen LogP contribution in [0.3, 0.4) is 0 Å². The van der Waals surface area contributed by atoms with E-state index in [2.05, 4.69) is 15.4 Å². The van der Waals surface area contributed by atoms with Crippen molar-refractivity contribution in [2.75, 3.05) is 13.1 Å². The van der Waals surface area contributed by atoms with Crippen molar-refractivity contribution in [1.82, 2.24) is 10.6 Å². The Hall–Kier alpha value is -2.15. The number of aliphatic hydroxyl groups is 1. The zero-order chi connectivity index (χ0) is 16.4. The van der Waals surface area contributed by atoms with Crippen LogP contribution in [0.4, 0.5) is 13.6 Å². The van der Waals surface area contributed by atoms with Gasteiger partial charge in [0.2, 0.25) is 0 Å². The van der Waals surface area contributed by atoms with Gasteiger partial charge in [0.25, 0.3) is 0 Å². The lowest BCUT2D eigenvalue weighted by atomic mass is 10.1. The van der Waals surface area contributed by atoms with Crippen LogP contribution in [0.5, 0.6) is 5.75 Å². The Morgan fingerprint density at radius 3 is 2.59 bits per heavy atom. The van der Waals surface area contributed by atoms with Gasteiger partial charge in [0.15, 0.2) is 0 Å². The van der Waals surface area contributed by atoms with Crippen LogP contribution in [-0.2, 0) is 0 Å². The number of hydrogen-bond acceptors (Lipinski definition) is 3. The fourth-order valence-corrected chi connectivity index (χ4v) is 1.68. The van der Waals surface area contributed by atoms with E-state index in [1.54, 1.807) is 0 Å². The Morgan fingerprint density at radius 2 is 2.00 bits per heavy atom. The molecule has 22 heavy (non-hydrogen) atoms. The van der Waals surface area contributed by atoms with Gasteiger partial charge in [-0.3, -0.25) is 0 Å². The summed E-state index contributed by atoms with van der Waals surface area (Å²) in [5, 5.41) is 15.1. The van der Waals surface area contributed by atoms with Crippen molar-refractivity contribution in [3.8, 4) is 5.75 Å². The molecule has 1 rings (SSSR count). The topological polar surface area (TPSA) is 70.6 Å². The van der Waals surface area contributed by atoms with E-state index >= 15 is 0 Å². The quantitative estimate of drug-likeness (QED) is 0.510. The summed E-state index contributed by atoms with van der Waals surface area (Å²) in [6, 6.07) is 5.23. The number of alkyl halides is 2. The molecule has 2 amide bonds. The van der Waals surface area contributed by atoms with Crippen molar-refractivity contribution < 1.29 is 23.4 Å². The smallest absolute Gasteiger partial charge is 0.387 e. The van der Waals surface area contributed by atoms with E-state index in [9.17, 15) is 18.7 Å². The minimum atomic E-state index is -2.89. The second-order valence-electron chi connectivity index (χ2n) is 4.46. The van der Waals surface area contributed by atoms with Gasteiger partial charge in [0.1, 0.15) is 5.75 Å². The number of benzene rings is 1. The predicted octanol–water partition coefficient (Wildman–Crippen LogP) is 2.59. The van der Waals surface area contributed by atoms with Gasteiger partial charge in [-0.2, -0.15) is 8.78 Å². The molecule has 0 spiro atoms. The van der Waals surface area contributed by atoms with Gasteiger partial charge in [-0.05, 0) is 31.0 Å². The summed E-state index contributed by atoms with van der Waals surface area (Å²) >= 11 is 0. The monoisotopic (exact) mass is 314 g/mol. The largest absolute Gasteiger partial charge is 0.435 e. The Kier molecular flexibility index (Phi) is 7.91. The third-order valence-electron chi connectivity index (χ3n) is 2.78. The van der Waals surface area contributed by atoms with Crippen LogP contribution >= 0.6 is 0 Å². The molecule has 3 N–H and O–H groups in total. The number of allylic oxidation sites excluding steroid dienone is 1. The third kappa shape index (κ3) is 7.03. The molecule has 7 heteroatoms. The second-order valence-corrected chi connectivity index (χ2v) is 4.46. The highest BCUT2D eigenvalue weighted by Crippen LogP contribution is 2.18. The molecule has 1 aromatic carbocycles. The summed E-state index contributed by atoms with van der Waals surface area (Å²) in [6.07, 6.45) is 3.63. The zero-order valence-electron chi connectivity index (χ0n) is 12.3. The number of urea groups is 1. The van der Waals surface area contributed by atoms with Crippen LogP contribution in [0.2, 0.25) is 0 Å². The molecule has 0 aliphatic carbocycles. The van der Waals surface area contributed by atoms with Crippen LogP contribution in [0.15, 0.2) is 36.4 Å². The molecular weight excluding hydrogens is 294 g/mol. The van der Waals surface area contributed by atoms with E-state index in [4.69, 9.17) is 0 Å². The number of rotatable bonds is 8. The minimum absolute atomic E-state index is 0.0145. The predicted molar refractivity (Wildman–Crippen MR) is 78.9 cm³/mol. The fraction of sp³-hybridized carbons (Fsp3) is 0.400. The Balaban J connectivity index is 2.35. The van der Waals surface area contributed by atoms with Crippen molar-refractivity contribution in [3.63, 3.8) is 0 Å². The van der Waals surface area contributed by atoms with Crippen LogP contribution in [0.25, 0.3) is 0 Å². The number of aliphatic hydroxyl groups excluding tert-OH is 1. The molecule has 0 aliphatic heterocycles. The summed E-state index contributed by atoms with van der Waals surface area (Å²) in [5.74, 6) is 0.0145. The molecule has 0 saturated carbocycles. The van der Waals surface area contributed by atoms with E-state index in [-0.39, 0.29) is 18.3 Å². The van der Waals surface area contributed by atoms with E-state index < -0.39 is 12.7 Å². The first kappa shape index (κ1) is 17.9. The van der Waals surface area contributed by atoms with Gasteiger partial charge < -0.3 is 20.5 Å². The maximum Gasteiger partial charge on any atom is 0.387 e. The molecule has 0 bridgehead atoms. The van der Waals surface area contributed by atoms with Gasteiger partial charge in [0.05, 0.1) is 6.10 Å². The molecular formula is C15H20F2N2O3. The van der Waals surface area contributed by atoms with Gasteiger partial charge in [0, 0.05) is 13.1 Å². The number of amides is 2. The molecule has 122 valence electrons. The van der Waals surface area contributed by atoms with Gasteiger partial charge >= 0.3 is 12.6 Å². The van der Waals surface area contributed by atoms with Crippen molar-refractivity contribution in [2.45, 2.75) is 26.1 Å². The standard InChI is InChI=1S/C15H20F2N2O3/c1-2-3-4-9-18-15(21)19-10-13(20)11-5-7-12(8-6-11)22-14(16)17/h2-3,5-8,13-14,20H,4,9-10H2,1H3,(H2,18,19,21). The highest BCUT2D eigenvalue weighted by molar-refractivity contribution is 5.73. The van der Waals surface area contributed by atoms with Crippen molar-refractivity contribution in [2.24, 2.45) is 0 Å². The second kappa shape index (κ2) is 9.73. The first-order valence-electron chi connectivity index (χ1n) is 6.88. The number of carbonyl (C=O) groups excluding carboxylic acids is 1. The molecule has 0 heterocycles. The molecule has 0 saturated heterocycles. The first-order valence-corrected chi connectivity index (χ1v) is 6.88. The molecule has 1 atom stereocenters. The molecule has 0 fully saturated rings. The maximum atomic E-state index is 12.0. The first-order chi connectivity index (χ1) is 10.5. The number of halogens is 2. The summed E-state index contributed by atoms with van der Waals surface area (Å²) < 4.78 is 28.2. The number of nitrogens with one attached hydrogen (secondary N) is 2. The average molecular weight is 314 g/mol. The minimum Gasteiger partial charge on any atom is -0.435 e. The summed E-state index contributed by atoms with van der Waals surface area (Å²) in [5.41, 5.74) is 0.496. The Labute approximate surface area is 128 Å². The van der Waals surface area contributed by atoms with Crippen LogP contribution in [0, 0.1) is 0 Å². The Bertz CT molecular complexity index is 478. The van der Waals surface area contributed by atoms with E-state index in [0.29, 0.717) is 12.1 Å². The van der Waals surface area contributed by atoms with E-state index in [1.165, 1.54) is 24.3 Å². The zero-order valence-corrected chi connectivity index (χ0v) is 12.3. The van der Waals surface area contributed by atoms with Gasteiger partial charge in [-0.25, -0.2) is 4.79 Å². The highest BCUT2D eigenvalue weighted by Gasteiger charge is 2.10.